The van der Waals surface area contributed by atoms with Crippen LogP contribution in [-0.2, 0) is 28.7 Å². The Labute approximate surface area is 191 Å². The molecule has 0 aromatic heterocycles. The SMILES string of the molecule is CCCOC(=O)c1ccc(NC(=O)COC(=O)CCN2C(=O)[C@H]3[C@H]4CC[C@@H](C4)[C@@H]3C2=O)cc1. The van der Waals surface area contributed by atoms with E-state index in [0.29, 0.717) is 29.7 Å². The lowest BCUT2D eigenvalue weighted by molar-refractivity contribution is -0.149. The van der Waals surface area contributed by atoms with Crippen molar-refractivity contribution in [2.45, 2.75) is 39.0 Å². The molecule has 2 saturated carbocycles. The fourth-order valence-corrected chi connectivity index (χ4v) is 5.28. The number of nitrogens with one attached hydrogen (secondary N) is 1. The summed E-state index contributed by atoms with van der Waals surface area (Å²) in [5.74, 6) is -1.77. The van der Waals surface area contributed by atoms with Gasteiger partial charge in [0.15, 0.2) is 6.61 Å². The molecule has 1 saturated heterocycles. The molecule has 1 aromatic carbocycles. The Morgan fingerprint density at radius 1 is 1.00 bits per heavy atom. The molecule has 9 heteroatoms. The fraction of sp³-hybridized carbons (Fsp3) is 0.542. The minimum Gasteiger partial charge on any atom is -0.462 e. The second kappa shape index (κ2) is 9.72. The minimum atomic E-state index is -0.653. The van der Waals surface area contributed by atoms with Gasteiger partial charge in [-0.1, -0.05) is 6.92 Å². The van der Waals surface area contributed by atoms with Gasteiger partial charge in [0, 0.05) is 12.2 Å². The molecule has 1 aromatic rings. The van der Waals surface area contributed by atoms with Gasteiger partial charge in [-0.2, -0.15) is 0 Å². The highest BCUT2D eigenvalue weighted by molar-refractivity contribution is 6.06. The number of anilines is 1. The third-order valence-corrected chi connectivity index (χ3v) is 6.76. The zero-order valence-electron chi connectivity index (χ0n) is 18.6. The smallest absolute Gasteiger partial charge is 0.338 e. The molecule has 9 nitrogen and oxygen atoms in total. The number of ether oxygens (including phenoxy) is 2. The average molecular weight is 456 g/mol. The van der Waals surface area contributed by atoms with Crippen molar-refractivity contribution in [3.05, 3.63) is 29.8 Å². The Bertz CT molecular complexity index is 930. The molecule has 4 rings (SSSR count). The van der Waals surface area contributed by atoms with Gasteiger partial charge in [0.1, 0.15) is 0 Å². The first-order valence-electron chi connectivity index (χ1n) is 11.5. The molecule has 176 valence electrons. The van der Waals surface area contributed by atoms with E-state index >= 15 is 0 Å². The highest BCUT2D eigenvalue weighted by atomic mass is 16.5. The molecule has 1 N–H and O–H groups in total. The number of imide groups is 1. The van der Waals surface area contributed by atoms with Gasteiger partial charge in [-0.3, -0.25) is 24.1 Å². The monoisotopic (exact) mass is 456 g/mol. The van der Waals surface area contributed by atoms with Gasteiger partial charge in [-0.15, -0.1) is 0 Å². The Morgan fingerprint density at radius 3 is 2.24 bits per heavy atom. The second-order valence-electron chi connectivity index (χ2n) is 8.89. The maximum absolute atomic E-state index is 12.6. The summed E-state index contributed by atoms with van der Waals surface area (Å²) in [4.78, 5) is 62.4. The third-order valence-electron chi connectivity index (χ3n) is 6.76. The molecular weight excluding hydrogens is 428 g/mol. The van der Waals surface area contributed by atoms with E-state index < -0.39 is 24.5 Å². The molecule has 1 heterocycles. The highest BCUT2D eigenvalue weighted by Gasteiger charge is 2.60. The van der Waals surface area contributed by atoms with Crippen LogP contribution >= 0.6 is 0 Å². The van der Waals surface area contributed by atoms with Crippen LogP contribution in [0.1, 0.15) is 49.4 Å². The van der Waals surface area contributed by atoms with E-state index in [9.17, 15) is 24.0 Å². The van der Waals surface area contributed by atoms with Crippen molar-refractivity contribution in [2.75, 3.05) is 25.1 Å². The molecule has 2 aliphatic carbocycles. The maximum Gasteiger partial charge on any atom is 0.338 e. The number of benzene rings is 1. The largest absolute Gasteiger partial charge is 0.462 e. The van der Waals surface area contributed by atoms with Crippen LogP contribution in [-0.4, -0.2) is 54.3 Å². The van der Waals surface area contributed by atoms with Crippen molar-refractivity contribution in [3.8, 4) is 0 Å². The first kappa shape index (κ1) is 22.9. The molecule has 0 unspecified atom stereocenters. The fourth-order valence-electron chi connectivity index (χ4n) is 5.28. The Hall–Kier alpha value is -3.23. The summed E-state index contributed by atoms with van der Waals surface area (Å²) < 4.78 is 10.0. The van der Waals surface area contributed by atoms with Gasteiger partial charge in [0.05, 0.1) is 30.4 Å². The molecule has 1 aliphatic heterocycles. The van der Waals surface area contributed by atoms with Crippen molar-refractivity contribution in [3.63, 3.8) is 0 Å². The molecule has 3 fully saturated rings. The molecule has 2 bridgehead atoms. The first-order chi connectivity index (χ1) is 15.9. The van der Waals surface area contributed by atoms with Crippen LogP contribution in [0.5, 0.6) is 0 Å². The van der Waals surface area contributed by atoms with Gasteiger partial charge in [0.25, 0.3) is 5.91 Å². The van der Waals surface area contributed by atoms with E-state index in [2.05, 4.69) is 5.32 Å². The van der Waals surface area contributed by atoms with Gasteiger partial charge in [-0.05, 0) is 61.8 Å². The Balaban J connectivity index is 1.19. The standard InChI is InChI=1S/C24H28N2O7/c1-2-11-32-24(31)14-5-7-17(8-6-14)25-18(27)13-33-19(28)9-10-26-22(29)20-15-3-4-16(12-15)21(20)23(26)30/h5-8,15-16,20-21H,2-4,9-13H2,1H3,(H,25,27)/t15-,16-,20-,21-/m0/s1. The maximum atomic E-state index is 12.6. The van der Waals surface area contributed by atoms with Gasteiger partial charge in [0.2, 0.25) is 11.8 Å². The van der Waals surface area contributed by atoms with Crippen molar-refractivity contribution in [2.24, 2.45) is 23.7 Å². The molecule has 3 aliphatic rings. The zero-order valence-corrected chi connectivity index (χ0v) is 18.6. The van der Waals surface area contributed by atoms with Crippen molar-refractivity contribution in [1.82, 2.24) is 4.90 Å². The topological polar surface area (TPSA) is 119 Å². The van der Waals surface area contributed by atoms with Crippen LogP contribution in [0.3, 0.4) is 0 Å². The Kier molecular flexibility index (Phi) is 6.76. The summed E-state index contributed by atoms with van der Waals surface area (Å²) in [6.45, 7) is 1.74. The number of likely N-dealkylation sites (tertiary alicyclic amines) is 1. The van der Waals surface area contributed by atoms with Gasteiger partial charge < -0.3 is 14.8 Å². The van der Waals surface area contributed by atoms with Crippen LogP contribution in [0.2, 0.25) is 0 Å². The highest BCUT2D eigenvalue weighted by Crippen LogP contribution is 2.56. The Morgan fingerprint density at radius 2 is 1.64 bits per heavy atom. The van der Waals surface area contributed by atoms with Crippen LogP contribution in [0, 0.1) is 23.7 Å². The molecule has 3 amide bonds. The van der Waals surface area contributed by atoms with Crippen LogP contribution in [0.4, 0.5) is 5.69 Å². The van der Waals surface area contributed by atoms with E-state index in [1.165, 1.54) is 17.0 Å². The number of carbonyl (C=O) groups is 5. The van der Waals surface area contributed by atoms with Crippen LogP contribution in [0.15, 0.2) is 24.3 Å². The number of esters is 2. The summed E-state index contributed by atoms with van der Waals surface area (Å²) in [6.07, 6.45) is 3.55. The van der Waals surface area contributed by atoms with E-state index in [4.69, 9.17) is 9.47 Å². The second-order valence-corrected chi connectivity index (χ2v) is 8.89. The number of hydrogen-bond acceptors (Lipinski definition) is 7. The summed E-state index contributed by atoms with van der Waals surface area (Å²) in [5, 5.41) is 2.57. The first-order valence-corrected chi connectivity index (χ1v) is 11.5. The average Bonchev–Trinajstić information content (AvgIpc) is 3.49. The third kappa shape index (κ3) is 4.77. The summed E-state index contributed by atoms with van der Waals surface area (Å²) in [6, 6.07) is 6.17. The summed E-state index contributed by atoms with van der Waals surface area (Å²) in [5.41, 5.74) is 0.813. The molecular formula is C24H28N2O7. The molecule has 0 spiro atoms. The predicted octanol–water partition coefficient (Wildman–Crippen LogP) is 2.16. The number of amides is 3. The van der Waals surface area contributed by atoms with Crippen molar-refractivity contribution < 1.29 is 33.4 Å². The number of fused-ring (bicyclic) bond motifs is 5. The molecule has 4 atom stereocenters. The van der Waals surface area contributed by atoms with Gasteiger partial charge >= 0.3 is 11.9 Å². The lowest BCUT2D eigenvalue weighted by atomic mass is 9.81. The molecule has 33 heavy (non-hydrogen) atoms. The normalized spacial score (nSPS) is 25.2. The summed E-state index contributed by atoms with van der Waals surface area (Å²) >= 11 is 0. The van der Waals surface area contributed by atoms with Crippen LogP contribution in [0.25, 0.3) is 0 Å². The van der Waals surface area contributed by atoms with E-state index in [-0.39, 0.29) is 36.6 Å². The number of nitrogens with zero attached hydrogens (tertiary/aromatic N) is 1. The quantitative estimate of drug-likeness (QED) is 0.447. The minimum absolute atomic E-state index is 0.0137. The lowest BCUT2D eigenvalue weighted by Gasteiger charge is -2.19. The van der Waals surface area contributed by atoms with Gasteiger partial charge in [-0.25, -0.2) is 4.79 Å². The van der Waals surface area contributed by atoms with Crippen molar-refractivity contribution >= 4 is 35.3 Å². The summed E-state index contributed by atoms with van der Waals surface area (Å²) in [7, 11) is 0. The van der Waals surface area contributed by atoms with E-state index in [1.807, 2.05) is 6.92 Å². The number of hydrogen-bond donors (Lipinski definition) is 1. The molecule has 0 radical (unpaired) electrons. The van der Waals surface area contributed by atoms with E-state index in [0.717, 1.165) is 25.7 Å². The predicted molar refractivity (Wildman–Crippen MR) is 116 cm³/mol. The number of rotatable bonds is 9. The van der Waals surface area contributed by atoms with E-state index in [1.54, 1.807) is 12.1 Å². The van der Waals surface area contributed by atoms with Crippen LogP contribution < -0.4 is 5.32 Å². The zero-order chi connectivity index (χ0) is 23.5. The number of carbonyl (C=O) groups excluding carboxylic acids is 5. The lowest BCUT2D eigenvalue weighted by Crippen LogP contribution is -2.35. The van der Waals surface area contributed by atoms with Crippen molar-refractivity contribution in [1.29, 1.82) is 0 Å².